The number of hydrogen-bond donors (Lipinski definition) is 2. The molecule has 0 bridgehead atoms. The first-order valence-electron chi connectivity index (χ1n) is 6.73. The molecule has 3 N–H and O–H groups in total. The van der Waals surface area contributed by atoms with E-state index in [0.29, 0.717) is 11.6 Å². The third-order valence-corrected chi connectivity index (χ3v) is 3.12. The molecule has 0 aliphatic heterocycles. The molecule has 0 aliphatic carbocycles. The molecule has 0 radical (unpaired) electrons. The topological polar surface area (TPSA) is 77.2 Å². The van der Waals surface area contributed by atoms with Crippen molar-refractivity contribution >= 4 is 24.0 Å². The molecule has 2 rings (SSSR count). The minimum Gasteiger partial charge on any atom is -0.439 e. The fourth-order valence-electron chi connectivity index (χ4n) is 1.67. The Morgan fingerprint density at radius 2 is 1.95 bits per heavy atom. The number of nitrogens with one attached hydrogen (secondary N) is 1. The van der Waals surface area contributed by atoms with E-state index in [4.69, 9.17) is 10.5 Å². The highest BCUT2D eigenvalue weighted by atomic mass is 35.5. The van der Waals surface area contributed by atoms with Crippen LogP contribution in [0.1, 0.15) is 18.1 Å². The second-order valence-electron chi connectivity index (χ2n) is 5.01. The van der Waals surface area contributed by atoms with Gasteiger partial charge < -0.3 is 15.8 Å². The standard InChI is InChI=1S/C16H19N3O2.ClH/c1-10-4-6-14(8-11(10)2)21-15-7-5-13(9-18-15)19-16(20)12(3)17;/h4-9,12H,17H2,1-3H3,(H,19,20);1H. The van der Waals surface area contributed by atoms with Crippen LogP contribution in [0.15, 0.2) is 36.5 Å². The number of nitrogens with two attached hydrogens (primary N) is 1. The van der Waals surface area contributed by atoms with E-state index in [9.17, 15) is 4.79 Å². The van der Waals surface area contributed by atoms with Gasteiger partial charge in [-0.15, -0.1) is 12.4 Å². The third-order valence-electron chi connectivity index (χ3n) is 3.12. The lowest BCUT2D eigenvalue weighted by atomic mass is 10.1. The molecule has 1 unspecified atom stereocenters. The van der Waals surface area contributed by atoms with E-state index in [1.165, 1.54) is 11.8 Å². The Kier molecular flexibility index (Phi) is 6.34. The second-order valence-corrected chi connectivity index (χ2v) is 5.01. The summed E-state index contributed by atoms with van der Waals surface area (Å²) in [6.45, 7) is 5.70. The van der Waals surface area contributed by atoms with Crippen molar-refractivity contribution in [1.82, 2.24) is 4.98 Å². The number of aromatic nitrogens is 1. The van der Waals surface area contributed by atoms with Crippen LogP contribution < -0.4 is 15.8 Å². The molecule has 0 spiro atoms. The van der Waals surface area contributed by atoms with Gasteiger partial charge in [-0.25, -0.2) is 4.98 Å². The summed E-state index contributed by atoms with van der Waals surface area (Å²) >= 11 is 0. The lowest BCUT2D eigenvalue weighted by Crippen LogP contribution is -2.32. The number of carbonyl (C=O) groups is 1. The first-order chi connectivity index (χ1) is 9.95. The van der Waals surface area contributed by atoms with E-state index in [0.717, 1.165) is 11.3 Å². The van der Waals surface area contributed by atoms with Gasteiger partial charge in [0, 0.05) is 6.07 Å². The Morgan fingerprint density at radius 3 is 2.50 bits per heavy atom. The van der Waals surface area contributed by atoms with Gasteiger partial charge in [-0.1, -0.05) is 6.07 Å². The number of halogens is 1. The Hall–Kier alpha value is -2.11. The van der Waals surface area contributed by atoms with Crippen LogP contribution in [0.4, 0.5) is 5.69 Å². The van der Waals surface area contributed by atoms with E-state index < -0.39 is 6.04 Å². The van der Waals surface area contributed by atoms with Gasteiger partial charge in [-0.2, -0.15) is 0 Å². The molecule has 1 amide bonds. The van der Waals surface area contributed by atoms with Gasteiger partial charge in [0.05, 0.1) is 17.9 Å². The van der Waals surface area contributed by atoms with Gasteiger partial charge >= 0.3 is 0 Å². The van der Waals surface area contributed by atoms with Gasteiger partial charge in [0.25, 0.3) is 0 Å². The zero-order valence-corrected chi connectivity index (χ0v) is 13.6. The van der Waals surface area contributed by atoms with Crippen LogP contribution in [0.3, 0.4) is 0 Å². The third kappa shape index (κ3) is 4.72. The second kappa shape index (κ2) is 7.77. The van der Waals surface area contributed by atoms with Crippen molar-refractivity contribution in [2.75, 3.05) is 5.32 Å². The zero-order chi connectivity index (χ0) is 15.4. The predicted molar refractivity (Wildman–Crippen MR) is 89.8 cm³/mol. The summed E-state index contributed by atoms with van der Waals surface area (Å²) in [6.07, 6.45) is 1.54. The van der Waals surface area contributed by atoms with Crippen molar-refractivity contribution in [2.24, 2.45) is 5.73 Å². The first-order valence-corrected chi connectivity index (χ1v) is 6.73. The number of benzene rings is 1. The number of pyridine rings is 1. The summed E-state index contributed by atoms with van der Waals surface area (Å²) in [7, 11) is 0. The molecule has 2 aromatic rings. The Morgan fingerprint density at radius 1 is 1.23 bits per heavy atom. The van der Waals surface area contributed by atoms with Crippen molar-refractivity contribution in [1.29, 1.82) is 0 Å². The van der Waals surface area contributed by atoms with Gasteiger partial charge in [0.1, 0.15) is 5.75 Å². The van der Waals surface area contributed by atoms with Crippen molar-refractivity contribution < 1.29 is 9.53 Å². The molecular weight excluding hydrogens is 302 g/mol. The largest absolute Gasteiger partial charge is 0.439 e. The maximum Gasteiger partial charge on any atom is 0.241 e. The maximum absolute atomic E-state index is 11.5. The number of aryl methyl sites for hydroxylation is 2. The summed E-state index contributed by atoms with van der Waals surface area (Å²) in [5.41, 5.74) is 8.45. The Balaban J connectivity index is 0.00000242. The molecular formula is C16H20ClN3O2. The SMILES string of the molecule is Cc1ccc(Oc2ccc(NC(=O)C(C)N)cn2)cc1C.Cl. The molecule has 0 fully saturated rings. The number of carbonyl (C=O) groups excluding carboxylic acids is 1. The van der Waals surface area contributed by atoms with Crippen molar-refractivity contribution in [3.8, 4) is 11.6 Å². The average Bonchev–Trinajstić information content (AvgIpc) is 2.45. The molecule has 1 heterocycles. The monoisotopic (exact) mass is 321 g/mol. The summed E-state index contributed by atoms with van der Waals surface area (Å²) in [6, 6.07) is 8.73. The van der Waals surface area contributed by atoms with Crippen LogP contribution in [-0.2, 0) is 4.79 Å². The number of ether oxygens (including phenoxy) is 1. The molecule has 6 heteroatoms. The summed E-state index contributed by atoms with van der Waals surface area (Å²) in [5, 5.41) is 2.67. The van der Waals surface area contributed by atoms with Crippen LogP contribution in [0.25, 0.3) is 0 Å². The van der Waals surface area contributed by atoms with Crippen molar-refractivity contribution in [3.05, 3.63) is 47.7 Å². The van der Waals surface area contributed by atoms with E-state index in [1.807, 2.05) is 32.0 Å². The van der Waals surface area contributed by atoms with Crippen LogP contribution in [0, 0.1) is 13.8 Å². The van der Waals surface area contributed by atoms with Crippen LogP contribution in [0.2, 0.25) is 0 Å². The number of amides is 1. The summed E-state index contributed by atoms with van der Waals surface area (Å²) in [4.78, 5) is 15.6. The molecule has 22 heavy (non-hydrogen) atoms. The molecule has 118 valence electrons. The van der Waals surface area contributed by atoms with E-state index in [-0.39, 0.29) is 18.3 Å². The van der Waals surface area contributed by atoms with Gasteiger partial charge in [-0.05, 0) is 50.1 Å². The predicted octanol–water partition coefficient (Wildman–Crippen LogP) is 3.20. The average molecular weight is 322 g/mol. The van der Waals surface area contributed by atoms with Crippen LogP contribution in [-0.4, -0.2) is 16.9 Å². The van der Waals surface area contributed by atoms with Crippen LogP contribution in [0.5, 0.6) is 11.6 Å². The van der Waals surface area contributed by atoms with E-state index in [2.05, 4.69) is 10.3 Å². The fourth-order valence-corrected chi connectivity index (χ4v) is 1.67. The first kappa shape index (κ1) is 17.9. The smallest absolute Gasteiger partial charge is 0.241 e. The van der Waals surface area contributed by atoms with Crippen molar-refractivity contribution in [3.63, 3.8) is 0 Å². The fraction of sp³-hybridized carbons (Fsp3) is 0.250. The minimum absolute atomic E-state index is 0. The van der Waals surface area contributed by atoms with Crippen LogP contribution >= 0.6 is 12.4 Å². The zero-order valence-electron chi connectivity index (χ0n) is 12.8. The maximum atomic E-state index is 11.5. The molecule has 1 atom stereocenters. The van der Waals surface area contributed by atoms with Gasteiger partial charge in [0.2, 0.25) is 11.8 Å². The summed E-state index contributed by atoms with van der Waals surface area (Å²) in [5.74, 6) is 0.953. The highest BCUT2D eigenvalue weighted by Gasteiger charge is 2.08. The lowest BCUT2D eigenvalue weighted by molar-refractivity contribution is -0.117. The van der Waals surface area contributed by atoms with E-state index in [1.54, 1.807) is 19.1 Å². The minimum atomic E-state index is -0.559. The number of rotatable bonds is 4. The Bertz CT molecular complexity index is 642. The highest BCUT2D eigenvalue weighted by Crippen LogP contribution is 2.22. The number of anilines is 1. The number of hydrogen-bond acceptors (Lipinski definition) is 4. The molecule has 1 aromatic heterocycles. The van der Waals surface area contributed by atoms with Crippen molar-refractivity contribution in [2.45, 2.75) is 26.8 Å². The summed E-state index contributed by atoms with van der Waals surface area (Å²) < 4.78 is 5.67. The molecule has 0 saturated carbocycles. The normalized spacial score (nSPS) is 11.3. The highest BCUT2D eigenvalue weighted by molar-refractivity contribution is 5.94. The van der Waals surface area contributed by atoms with Gasteiger partial charge in [0.15, 0.2) is 0 Å². The lowest BCUT2D eigenvalue weighted by Gasteiger charge is -2.09. The Labute approximate surface area is 136 Å². The number of nitrogens with zero attached hydrogens (tertiary/aromatic N) is 1. The van der Waals surface area contributed by atoms with E-state index >= 15 is 0 Å². The molecule has 1 aromatic carbocycles. The van der Waals surface area contributed by atoms with Gasteiger partial charge in [-0.3, -0.25) is 4.79 Å². The molecule has 0 aliphatic rings. The molecule has 5 nitrogen and oxygen atoms in total. The molecule has 0 saturated heterocycles. The quantitative estimate of drug-likeness (QED) is 0.906.